The molecule has 2 nitrogen and oxygen atoms in total. The van der Waals surface area contributed by atoms with Crippen LogP contribution in [0.5, 0.6) is 0 Å². The minimum absolute atomic E-state index is 0.0698. The van der Waals surface area contributed by atoms with Gasteiger partial charge in [-0.1, -0.05) is 12.6 Å². The lowest BCUT2D eigenvalue weighted by Crippen LogP contribution is -1.97. The lowest BCUT2D eigenvalue weighted by Gasteiger charge is -2.11. The summed E-state index contributed by atoms with van der Waals surface area (Å²) in [6.45, 7) is 3.91. The highest BCUT2D eigenvalue weighted by Crippen LogP contribution is 2.43. The zero-order valence-corrected chi connectivity index (χ0v) is 9.58. The summed E-state index contributed by atoms with van der Waals surface area (Å²) in [5, 5.41) is 8.64. The van der Waals surface area contributed by atoms with Gasteiger partial charge in [0.15, 0.2) is 0 Å². The fourth-order valence-electron chi connectivity index (χ4n) is 1.98. The van der Waals surface area contributed by atoms with Crippen molar-refractivity contribution in [3.63, 3.8) is 0 Å². The molecular formula is C14H15FO2. The standard InChI is InChI=1S/C14H15FO2/c1-9(2-7-14(16)17)12-6-5-11(15)8-13(12)10-3-4-10/h5-6,8,10H,1-4,7H2,(H,16,17). The van der Waals surface area contributed by atoms with Crippen molar-refractivity contribution in [1.29, 1.82) is 0 Å². The van der Waals surface area contributed by atoms with Crippen molar-refractivity contribution in [3.8, 4) is 0 Å². The Hall–Kier alpha value is -1.64. The van der Waals surface area contributed by atoms with E-state index in [1.54, 1.807) is 12.1 Å². The number of rotatable bonds is 5. The molecule has 1 N–H and O–H groups in total. The van der Waals surface area contributed by atoms with Crippen molar-refractivity contribution in [2.75, 3.05) is 0 Å². The molecule has 0 spiro atoms. The second-order valence-corrected chi connectivity index (χ2v) is 4.50. The summed E-state index contributed by atoms with van der Waals surface area (Å²) in [4.78, 5) is 10.5. The second-order valence-electron chi connectivity index (χ2n) is 4.50. The van der Waals surface area contributed by atoms with Crippen LogP contribution in [-0.2, 0) is 4.79 Å². The smallest absolute Gasteiger partial charge is 0.303 e. The van der Waals surface area contributed by atoms with Crippen LogP contribution in [0.2, 0.25) is 0 Å². The number of aliphatic carboxylic acids is 1. The van der Waals surface area contributed by atoms with Gasteiger partial charge in [0.25, 0.3) is 0 Å². The third-order valence-corrected chi connectivity index (χ3v) is 3.05. The molecule has 1 fully saturated rings. The average Bonchev–Trinajstić information content (AvgIpc) is 3.09. The molecule has 0 atom stereocenters. The van der Waals surface area contributed by atoms with E-state index in [1.807, 2.05) is 0 Å². The van der Waals surface area contributed by atoms with E-state index in [1.165, 1.54) is 6.07 Å². The van der Waals surface area contributed by atoms with Crippen molar-refractivity contribution in [2.24, 2.45) is 0 Å². The zero-order valence-electron chi connectivity index (χ0n) is 9.58. The van der Waals surface area contributed by atoms with E-state index in [0.717, 1.165) is 29.5 Å². The fraction of sp³-hybridized carbons (Fsp3) is 0.357. The Morgan fingerprint density at radius 1 is 1.41 bits per heavy atom. The molecule has 3 heteroatoms. The molecular weight excluding hydrogens is 219 g/mol. The summed E-state index contributed by atoms with van der Waals surface area (Å²) >= 11 is 0. The van der Waals surface area contributed by atoms with E-state index < -0.39 is 5.97 Å². The van der Waals surface area contributed by atoms with Crippen LogP contribution in [0.3, 0.4) is 0 Å². The highest BCUT2D eigenvalue weighted by Gasteiger charge is 2.27. The third-order valence-electron chi connectivity index (χ3n) is 3.05. The van der Waals surface area contributed by atoms with Gasteiger partial charge in [-0.25, -0.2) is 4.39 Å². The van der Waals surface area contributed by atoms with Gasteiger partial charge in [0.05, 0.1) is 0 Å². The van der Waals surface area contributed by atoms with Gasteiger partial charge >= 0.3 is 5.97 Å². The highest BCUT2D eigenvalue weighted by atomic mass is 19.1. The second kappa shape index (κ2) is 4.70. The highest BCUT2D eigenvalue weighted by molar-refractivity contribution is 5.73. The molecule has 0 aliphatic heterocycles. The van der Waals surface area contributed by atoms with Gasteiger partial charge in [0, 0.05) is 6.42 Å². The Kier molecular flexibility index (Phi) is 3.27. The summed E-state index contributed by atoms with van der Waals surface area (Å²) in [6.07, 6.45) is 2.66. The quantitative estimate of drug-likeness (QED) is 0.845. The summed E-state index contributed by atoms with van der Waals surface area (Å²) in [5.74, 6) is -0.634. The summed E-state index contributed by atoms with van der Waals surface area (Å²) < 4.78 is 13.2. The van der Waals surface area contributed by atoms with E-state index in [9.17, 15) is 9.18 Å². The Morgan fingerprint density at radius 2 is 2.12 bits per heavy atom. The molecule has 0 saturated heterocycles. The van der Waals surface area contributed by atoms with Crippen LogP contribution in [0.15, 0.2) is 24.8 Å². The van der Waals surface area contributed by atoms with Crippen molar-refractivity contribution in [2.45, 2.75) is 31.6 Å². The third kappa shape index (κ3) is 2.93. The fourth-order valence-corrected chi connectivity index (χ4v) is 1.98. The molecule has 2 rings (SSSR count). The minimum Gasteiger partial charge on any atom is -0.481 e. The monoisotopic (exact) mass is 234 g/mol. The van der Waals surface area contributed by atoms with Gasteiger partial charge in [-0.15, -0.1) is 0 Å². The van der Waals surface area contributed by atoms with Crippen LogP contribution < -0.4 is 0 Å². The van der Waals surface area contributed by atoms with E-state index >= 15 is 0 Å². The Labute approximate surface area is 99.8 Å². The number of halogens is 1. The maximum atomic E-state index is 13.2. The van der Waals surface area contributed by atoms with Gasteiger partial charge in [-0.3, -0.25) is 4.79 Å². The Balaban J connectivity index is 2.19. The molecule has 1 saturated carbocycles. The van der Waals surface area contributed by atoms with E-state index in [4.69, 9.17) is 5.11 Å². The lowest BCUT2D eigenvalue weighted by atomic mass is 9.95. The van der Waals surface area contributed by atoms with Crippen LogP contribution in [0.25, 0.3) is 5.57 Å². The van der Waals surface area contributed by atoms with Crippen molar-refractivity contribution in [1.82, 2.24) is 0 Å². The minimum atomic E-state index is -0.832. The molecule has 0 unspecified atom stereocenters. The van der Waals surface area contributed by atoms with Crippen molar-refractivity contribution < 1.29 is 14.3 Å². The first-order chi connectivity index (χ1) is 8.08. The largest absolute Gasteiger partial charge is 0.481 e. The normalized spacial score (nSPS) is 14.6. The maximum Gasteiger partial charge on any atom is 0.303 e. The van der Waals surface area contributed by atoms with Gasteiger partial charge in [-0.05, 0) is 54.0 Å². The van der Waals surface area contributed by atoms with Crippen LogP contribution >= 0.6 is 0 Å². The first-order valence-electron chi connectivity index (χ1n) is 5.77. The first kappa shape index (κ1) is 11.8. The van der Waals surface area contributed by atoms with Gasteiger partial charge < -0.3 is 5.11 Å². The van der Waals surface area contributed by atoms with Crippen molar-refractivity contribution >= 4 is 11.5 Å². The van der Waals surface area contributed by atoms with Crippen LogP contribution in [0.1, 0.15) is 42.7 Å². The van der Waals surface area contributed by atoms with E-state index in [-0.39, 0.29) is 12.2 Å². The lowest BCUT2D eigenvalue weighted by molar-refractivity contribution is -0.136. The maximum absolute atomic E-state index is 13.2. The molecule has 1 aromatic rings. The summed E-state index contributed by atoms with van der Waals surface area (Å²) in [6, 6.07) is 4.68. The van der Waals surface area contributed by atoms with Gasteiger partial charge in [-0.2, -0.15) is 0 Å². The summed E-state index contributed by atoms with van der Waals surface area (Å²) in [7, 11) is 0. The number of carbonyl (C=O) groups is 1. The predicted molar refractivity (Wildman–Crippen MR) is 64.3 cm³/mol. The predicted octanol–water partition coefficient (Wildman–Crippen LogP) is 3.58. The zero-order chi connectivity index (χ0) is 12.4. The summed E-state index contributed by atoms with van der Waals surface area (Å²) in [5.41, 5.74) is 2.70. The first-order valence-corrected chi connectivity index (χ1v) is 5.77. The van der Waals surface area contributed by atoms with Gasteiger partial charge in [0.1, 0.15) is 5.82 Å². The number of carboxylic acid groups (broad SMARTS) is 1. The number of carboxylic acids is 1. The average molecular weight is 234 g/mol. The van der Waals surface area contributed by atoms with E-state index in [2.05, 4.69) is 6.58 Å². The molecule has 1 aliphatic rings. The Bertz CT molecular complexity index is 461. The molecule has 17 heavy (non-hydrogen) atoms. The Morgan fingerprint density at radius 3 is 2.71 bits per heavy atom. The van der Waals surface area contributed by atoms with Crippen molar-refractivity contribution in [3.05, 3.63) is 41.7 Å². The SMILES string of the molecule is C=C(CCC(=O)O)c1ccc(F)cc1C1CC1. The molecule has 1 aromatic carbocycles. The van der Waals surface area contributed by atoms with Crippen LogP contribution in [0, 0.1) is 5.82 Å². The van der Waals surface area contributed by atoms with Crippen LogP contribution in [0.4, 0.5) is 4.39 Å². The molecule has 0 aromatic heterocycles. The molecule has 0 radical (unpaired) electrons. The molecule has 0 bridgehead atoms. The molecule has 0 amide bonds. The van der Waals surface area contributed by atoms with Crippen LogP contribution in [-0.4, -0.2) is 11.1 Å². The number of benzene rings is 1. The number of hydrogen-bond acceptors (Lipinski definition) is 1. The van der Waals surface area contributed by atoms with E-state index in [0.29, 0.717) is 12.3 Å². The molecule has 0 heterocycles. The molecule has 1 aliphatic carbocycles. The van der Waals surface area contributed by atoms with Gasteiger partial charge in [0.2, 0.25) is 0 Å². The topological polar surface area (TPSA) is 37.3 Å². The number of allylic oxidation sites excluding steroid dienone is 1. The molecule has 90 valence electrons. The number of hydrogen-bond donors (Lipinski definition) is 1.